The zero-order chi connectivity index (χ0) is 20.7. The van der Waals surface area contributed by atoms with Crippen LogP contribution >= 0.6 is 11.8 Å². The van der Waals surface area contributed by atoms with Crippen molar-refractivity contribution >= 4 is 34.5 Å². The number of carbonyl (C=O) groups excluding carboxylic acids is 2. The van der Waals surface area contributed by atoms with Gasteiger partial charge in [-0.05, 0) is 31.5 Å². The lowest BCUT2D eigenvalue weighted by atomic mass is 10.1. The van der Waals surface area contributed by atoms with Crippen LogP contribution in [0.4, 0.5) is 0 Å². The average Bonchev–Trinajstić information content (AvgIpc) is 2.67. The van der Waals surface area contributed by atoms with Crippen molar-refractivity contribution < 1.29 is 19.4 Å². The lowest BCUT2D eigenvalue weighted by Gasteiger charge is -2.14. The minimum Gasteiger partial charge on any atom is -0.465 e. The SMILES string of the molecule is CCCCNC(=O)CSc1nc2cc(C(=O)OC)ccc2c(=O)n1C[C@H](C)O. The van der Waals surface area contributed by atoms with Gasteiger partial charge in [-0.15, -0.1) is 0 Å². The van der Waals surface area contributed by atoms with Crippen molar-refractivity contribution in [3.63, 3.8) is 0 Å². The van der Waals surface area contributed by atoms with Crippen LogP contribution in [0, 0.1) is 0 Å². The highest BCUT2D eigenvalue weighted by atomic mass is 32.2. The Labute approximate surface area is 167 Å². The Morgan fingerprint density at radius 3 is 2.79 bits per heavy atom. The molecule has 1 aromatic carbocycles. The number of methoxy groups -OCH3 is 1. The van der Waals surface area contributed by atoms with Gasteiger partial charge in [-0.1, -0.05) is 25.1 Å². The molecule has 1 atom stereocenters. The van der Waals surface area contributed by atoms with Crippen molar-refractivity contribution in [3.8, 4) is 0 Å². The van der Waals surface area contributed by atoms with Crippen LogP contribution in [0.5, 0.6) is 0 Å². The summed E-state index contributed by atoms with van der Waals surface area (Å²) < 4.78 is 6.06. The fraction of sp³-hybridized carbons (Fsp3) is 0.474. The first-order chi connectivity index (χ1) is 13.4. The average molecular weight is 407 g/mol. The van der Waals surface area contributed by atoms with Crippen molar-refractivity contribution in [3.05, 3.63) is 34.1 Å². The van der Waals surface area contributed by atoms with Crippen LogP contribution < -0.4 is 10.9 Å². The third kappa shape index (κ3) is 5.56. The number of hydrogen-bond donors (Lipinski definition) is 2. The van der Waals surface area contributed by atoms with Crippen molar-refractivity contribution in [2.45, 2.75) is 44.5 Å². The second-order valence-corrected chi connectivity index (χ2v) is 7.32. The number of thioether (sulfide) groups is 1. The number of carbonyl (C=O) groups is 2. The number of aliphatic hydroxyl groups excluding tert-OH is 1. The molecule has 0 saturated carbocycles. The number of rotatable bonds is 9. The van der Waals surface area contributed by atoms with Crippen LogP contribution in [0.3, 0.4) is 0 Å². The van der Waals surface area contributed by atoms with E-state index in [0.717, 1.165) is 24.6 Å². The molecule has 1 heterocycles. The Morgan fingerprint density at radius 1 is 1.39 bits per heavy atom. The second kappa shape index (κ2) is 10.2. The molecule has 0 saturated heterocycles. The smallest absolute Gasteiger partial charge is 0.337 e. The summed E-state index contributed by atoms with van der Waals surface area (Å²) in [6.07, 6.45) is 1.12. The van der Waals surface area contributed by atoms with Gasteiger partial charge in [0, 0.05) is 6.54 Å². The molecule has 8 nitrogen and oxygen atoms in total. The van der Waals surface area contributed by atoms with E-state index in [4.69, 9.17) is 4.74 Å². The number of amides is 1. The van der Waals surface area contributed by atoms with Crippen molar-refractivity contribution in [1.82, 2.24) is 14.9 Å². The number of esters is 1. The number of aromatic nitrogens is 2. The summed E-state index contributed by atoms with van der Waals surface area (Å²) in [5.41, 5.74) is 0.281. The summed E-state index contributed by atoms with van der Waals surface area (Å²) in [4.78, 5) is 41.1. The van der Waals surface area contributed by atoms with Crippen molar-refractivity contribution in [2.24, 2.45) is 0 Å². The van der Waals surface area contributed by atoms with Gasteiger partial charge in [-0.3, -0.25) is 14.2 Å². The summed E-state index contributed by atoms with van der Waals surface area (Å²) >= 11 is 1.12. The number of aliphatic hydroxyl groups is 1. The van der Waals surface area contributed by atoms with Gasteiger partial charge < -0.3 is 15.2 Å². The molecule has 1 amide bonds. The molecule has 0 bridgehead atoms. The van der Waals surface area contributed by atoms with Gasteiger partial charge in [0.25, 0.3) is 5.56 Å². The van der Waals surface area contributed by atoms with E-state index in [1.165, 1.54) is 29.9 Å². The fourth-order valence-electron chi connectivity index (χ4n) is 2.57. The van der Waals surface area contributed by atoms with E-state index in [9.17, 15) is 19.5 Å². The molecule has 0 fully saturated rings. The summed E-state index contributed by atoms with van der Waals surface area (Å²) in [6.45, 7) is 4.27. The third-order valence-corrected chi connectivity index (χ3v) is 4.95. The minimum atomic E-state index is -0.760. The number of nitrogens with one attached hydrogen (secondary N) is 1. The van der Waals surface area contributed by atoms with Gasteiger partial charge in [0.2, 0.25) is 5.91 Å². The molecular formula is C19H25N3O5S. The lowest BCUT2D eigenvalue weighted by Crippen LogP contribution is -2.29. The van der Waals surface area contributed by atoms with E-state index in [0.29, 0.717) is 22.6 Å². The number of ether oxygens (including phenoxy) is 1. The van der Waals surface area contributed by atoms with Gasteiger partial charge >= 0.3 is 5.97 Å². The fourth-order valence-corrected chi connectivity index (χ4v) is 3.41. The van der Waals surface area contributed by atoms with E-state index in [-0.39, 0.29) is 29.3 Å². The molecule has 0 unspecified atom stereocenters. The van der Waals surface area contributed by atoms with Crippen LogP contribution in [0.2, 0.25) is 0 Å². The summed E-state index contributed by atoms with van der Waals surface area (Å²) in [7, 11) is 1.28. The van der Waals surface area contributed by atoms with Crippen LogP contribution in [-0.4, -0.2) is 52.0 Å². The van der Waals surface area contributed by atoms with E-state index >= 15 is 0 Å². The van der Waals surface area contributed by atoms with Crippen LogP contribution in [-0.2, 0) is 16.1 Å². The third-order valence-electron chi connectivity index (χ3n) is 3.97. The lowest BCUT2D eigenvalue weighted by molar-refractivity contribution is -0.118. The Kier molecular flexibility index (Phi) is 8.01. The van der Waals surface area contributed by atoms with Crippen LogP contribution in [0.1, 0.15) is 37.0 Å². The number of hydrogen-bond acceptors (Lipinski definition) is 7. The van der Waals surface area contributed by atoms with Crippen LogP contribution in [0.15, 0.2) is 28.2 Å². The Morgan fingerprint density at radius 2 is 2.14 bits per heavy atom. The van der Waals surface area contributed by atoms with E-state index in [1.54, 1.807) is 6.92 Å². The highest BCUT2D eigenvalue weighted by Gasteiger charge is 2.16. The molecule has 0 aliphatic carbocycles. The standard InChI is InChI=1S/C19H25N3O5S/c1-4-5-8-20-16(24)11-28-19-21-15-9-13(18(26)27-3)6-7-14(15)17(25)22(19)10-12(2)23/h6-7,9,12,23H,4-5,8,10-11H2,1-3H3,(H,20,24)/t12-/m0/s1. The van der Waals surface area contributed by atoms with Crippen LogP contribution in [0.25, 0.3) is 10.9 Å². The topological polar surface area (TPSA) is 111 Å². The van der Waals surface area contributed by atoms with Gasteiger partial charge in [0.15, 0.2) is 5.16 Å². The Bertz CT molecular complexity index is 910. The Balaban J connectivity index is 2.38. The number of benzene rings is 1. The molecule has 0 aliphatic heterocycles. The molecule has 0 spiro atoms. The first-order valence-electron chi connectivity index (χ1n) is 9.07. The molecule has 2 rings (SSSR count). The molecule has 152 valence electrons. The van der Waals surface area contributed by atoms with Gasteiger partial charge in [0.1, 0.15) is 0 Å². The maximum Gasteiger partial charge on any atom is 0.337 e. The number of unbranched alkanes of at least 4 members (excludes halogenated alkanes) is 1. The maximum atomic E-state index is 12.9. The normalized spacial score (nSPS) is 12.0. The maximum absolute atomic E-state index is 12.9. The molecule has 0 aliphatic rings. The molecule has 9 heteroatoms. The summed E-state index contributed by atoms with van der Waals surface area (Å²) in [6, 6.07) is 4.50. The van der Waals surface area contributed by atoms with Crippen molar-refractivity contribution in [1.29, 1.82) is 0 Å². The quantitative estimate of drug-likeness (QED) is 0.281. The molecular weight excluding hydrogens is 382 g/mol. The molecule has 2 aromatic rings. The van der Waals surface area contributed by atoms with E-state index < -0.39 is 12.1 Å². The first-order valence-corrected chi connectivity index (χ1v) is 10.1. The molecule has 0 radical (unpaired) electrons. The predicted octanol–water partition coefficient (Wildman–Crippen LogP) is 1.57. The largest absolute Gasteiger partial charge is 0.465 e. The first kappa shape index (κ1) is 21.9. The molecule has 28 heavy (non-hydrogen) atoms. The summed E-state index contributed by atoms with van der Waals surface area (Å²) in [5, 5.41) is 13.2. The molecule has 1 aromatic heterocycles. The van der Waals surface area contributed by atoms with Gasteiger partial charge in [-0.25, -0.2) is 9.78 Å². The zero-order valence-electron chi connectivity index (χ0n) is 16.2. The number of nitrogens with zero attached hydrogens (tertiary/aromatic N) is 2. The Hall–Kier alpha value is -2.39. The molecule has 2 N–H and O–H groups in total. The van der Waals surface area contributed by atoms with Gasteiger partial charge in [0.05, 0.1) is 42.0 Å². The number of fused-ring (bicyclic) bond motifs is 1. The highest BCUT2D eigenvalue weighted by Crippen LogP contribution is 2.19. The second-order valence-electron chi connectivity index (χ2n) is 6.37. The van der Waals surface area contributed by atoms with E-state index in [2.05, 4.69) is 10.3 Å². The van der Waals surface area contributed by atoms with Crippen molar-refractivity contribution in [2.75, 3.05) is 19.4 Å². The monoisotopic (exact) mass is 407 g/mol. The van der Waals surface area contributed by atoms with Gasteiger partial charge in [-0.2, -0.15) is 0 Å². The zero-order valence-corrected chi connectivity index (χ0v) is 17.0. The summed E-state index contributed by atoms with van der Waals surface area (Å²) in [5.74, 6) is -0.584. The van der Waals surface area contributed by atoms with E-state index in [1.807, 2.05) is 6.92 Å². The highest BCUT2D eigenvalue weighted by molar-refractivity contribution is 7.99. The predicted molar refractivity (Wildman–Crippen MR) is 108 cm³/mol. The minimum absolute atomic E-state index is 0.0559.